The fourth-order valence-electron chi connectivity index (χ4n) is 2.85. The number of carboxylic acids is 1. The molecule has 1 aromatic carbocycles. The first-order chi connectivity index (χ1) is 13.1. The van der Waals surface area contributed by atoms with Crippen molar-refractivity contribution in [2.24, 2.45) is 0 Å². The largest absolute Gasteiger partial charge is 0.486 e. The molecule has 0 fully saturated rings. The molecule has 1 aliphatic heterocycles. The number of fused-ring (bicyclic) bond motifs is 2. The normalized spacial score (nSPS) is 12.7. The summed E-state index contributed by atoms with van der Waals surface area (Å²) in [4.78, 5) is 26.9. The second-order valence-corrected chi connectivity index (χ2v) is 6.11. The van der Waals surface area contributed by atoms with Gasteiger partial charge in [-0.05, 0) is 30.3 Å². The molecule has 0 radical (unpaired) electrons. The van der Waals surface area contributed by atoms with Gasteiger partial charge in [0.1, 0.15) is 18.9 Å². The molecule has 8 heteroatoms. The lowest BCUT2D eigenvalue weighted by atomic mass is 10.1. The lowest BCUT2D eigenvalue weighted by molar-refractivity contribution is -0.138. The molecular weight excluding hydrogens is 350 g/mol. The highest BCUT2D eigenvalue weighted by atomic mass is 16.6. The van der Waals surface area contributed by atoms with Crippen LogP contribution in [0.2, 0.25) is 0 Å². The molecule has 2 aromatic heterocycles. The number of carbonyl (C=O) groups is 2. The molecule has 0 unspecified atom stereocenters. The Bertz CT molecular complexity index is 1030. The van der Waals surface area contributed by atoms with Crippen LogP contribution >= 0.6 is 0 Å². The van der Waals surface area contributed by atoms with E-state index in [1.807, 2.05) is 24.4 Å². The number of hydrogen-bond acceptors (Lipinski definition) is 5. The summed E-state index contributed by atoms with van der Waals surface area (Å²) in [6, 6.07) is 9.19. The van der Waals surface area contributed by atoms with E-state index in [0.29, 0.717) is 24.7 Å². The minimum atomic E-state index is -1.00. The van der Waals surface area contributed by atoms with Crippen LogP contribution in [-0.4, -0.2) is 39.6 Å². The Hall–Kier alpha value is -3.55. The van der Waals surface area contributed by atoms with Gasteiger partial charge >= 0.3 is 5.97 Å². The fraction of sp³-hybridized carbons (Fsp3) is 0.211. The van der Waals surface area contributed by atoms with Crippen molar-refractivity contribution in [3.05, 3.63) is 42.7 Å². The Morgan fingerprint density at radius 3 is 2.70 bits per heavy atom. The predicted molar refractivity (Wildman–Crippen MR) is 97.1 cm³/mol. The van der Waals surface area contributed by atoms with Crippen molar-refractivity contribution < 1.29 is 24.2 Å². The third kappa shape index (κ3) is 3.69. The number of benzene rings is 1. The first-order valence-corrected chi connectivity index (χ1v) is 8.49. The minimum Gasteiger partial charge on any atom is -0.486 e. The van der Waals surface area contributed by atoms with Crippen LogP contribution in [0.1, 0.15) is 12.8 Å². The number of rotatable bonds is 5. The van der Waals surface area contributed by atoms with E-state index < -0.39 is 5.97 Å². The number of amides is 1. The van der Waals surface area contributed by atoms with Gasteiger partial charge in [-0.3, -0.25) is 9.59 Å². The summed E-state index contributed by atoms with van der Waals surface area (Å²) in [5.74, 6) is 0.0746. The maximum atomic E-state index is 11.8. The van der Waals surface area contributed by atoms with Crippen LogP contribution in [0.5, 0.6) is 11.5 Å². The molecular formula is C19H17N3O5. The monoisotopic (exact) mass is 367 g/mol. The summed E-state index contributed by atoms with van der Waals surface area (Å²) in [6.45, 7) is 1.06. The highest BCUT2D eigenvalue weighted by Crippen LogP contribution is 2.34. The SMILES string of the molecule is O=C(O)CCC(=O)Nc1ccc2nc(-c3ccc4c(c3)OCCO4)cn2c1. The van der Waals surface area contributed by atoms with Crippen LogP contribution in [0.3, 0.4) is 0 Å². The van der Waals surface area contributed by atoms with Crippen molar-refractivity contribution in [2.45, 2.75) is 12.8 Å². The number of nitrogens with zero attached hydrogens (tertiary/aromatic N) is 2. The molecule has 4 rings (SSSR count). The minimum absolute atomic E-state index is 0.0697. The Morgan fingerprint density at radius 2 is 1.89 bits per heavy atom. The van der Waals surface area contributed by atoms with Gasteiger partial charge in [0.2, 0.25) is 5.91 Å². The van der Waals surface area contributed by atoms with Gasteiger partial charge in [0.15, 0.2) is 11.5 Å². The quantitative estimate of drug-likeness (QED) is 0.719. The van der Waals surface area contributed by atoms with E-state index in [-0.39, 0.29) is 18.7 Å². The topological polar surface area (TPSA) is 102 Å². The van der Waals surface area contributed by atoms with Gasteiger partial charge < -0.3 is 24.3 Å². The Kier molecular flexibility index (Phi) is 4.37. The molecule has 0 atom stereocenters. The van der Waals surface area contributed by atoms with Gasteiger partial charge in [-0.25, -0.2) is 4.98 Å². The van der Waals surface area contributed by atoms with Gasteiger partial charge in [-0.2, -0.15) is 0 Å². The molecule has 0 spiro atoms. The number of aromatic nitrogens is 2. The van der Waals surface area contributed by atoms with Crippen molar-refractivity contribution in [1.29, 1.82) is 0 Å². The van der Waals surface area contributed by atoms with E-state index in [9.17, 15) is 9.59 Å². The van der Waals surface area contributed by atoms with Crippen molar-refractivity contribution in [2.75, 3.05) is 18.5 Å². The molecule has 138 valence electrons. The summed E-state index contributed by atoms with van der Waals surface area (Å²) in [6.07, 6.45) is 3.32. The number of carboxylic acid groups (broad SMARTS) is 1. The summed E-state index contributed by atoms with van der Waals surface area (Å²) < 4.78 is 13.0. The van der Waals surface area contributed by atoms with Crippen molar-refractivity contribution in [3.63, 3.8) is 0 Å². The summed E-state index contributed by atoms with van der Waals surface area (Å²) in [5.41, 5.74) is 2.96. The Labute approximate surface area is 154 Å². The van der Waals surface area contributed by atoms with Crippen LogP contribution in [0.25, 0.3) is 16.9 Å². The molecule has 0 bridgehead atoms. The van der Waals surface area contributed by atoms with Crippen molar-refractivity contribution in [1.82, 2.24) is 9.38 Å². The average molecular weight is 367 g/mol. The number of nitrogens with one attached hydrogen (secondary N) is 1. The standard InChI is InChI=1S/C19H17N3O5/c23-18(5-6-19(24)25)20-13-2-4-17-21-14(11-22(17)10-13)12-1-3-15-16(9-12)27-8-7-26-15/h1-4,9-11H,5-8H2,(H,20,23)(H,24,25). The molecule has 0 saturated heterocycles. The molecule has 0 saturated carbocycles. The van der Waals surface area contributed by atoms with Gasteiger partial charge in [0.05, 0.1) is 17.8 Å². The summed E-state index contributed by atoms with van der Waals surface area (Å²) in [7, 11) is 0. The summed E-state index contributed by atoms with van der Waals surface area (Å²) >= 11 is 0. The third-order valence-corrected chi connectivity index (χ3v) is 4.14. The fourth-order valence-corrected chi connectivity index (χ4v) is 2.85. The molecule has 1 amide bonds. The zero-order valence-electron chi connectivity index (χ0n) is 14.3. The molecule has 2 N–H and O–H groups in total. The lowest BCUT2D eigenvalue weighted by Crippen LogP contribution is -2.15. The average Bonchev–Trinajstić information content (AvgIpc) is 3.09. The van der Waals surface area contributed by atoms with E-state index in [2.05, 4.69) is 10.3 Å². The number of hydrogen-bond donors (Lipinski definition) is 2. The van der Waals surface area contributed by atoms with E-state index >= 15 is 0 Å². The second-order valence-electron chi connectivity index (χ2n) is 6.11. The van der Waals surface area contributed by atoms with Gasteiger partial charge in [0, 0.05) is 24.4 Å². The highest BCUT2D eigenvalue weighted by Gasteiger charge is 2.14. The Balaban J connectivity index is 1.56. The van der Waals surface area contributed by atoms with Crippen LogP contribution < -0.4 is 14.8 Å². The molecule has 3 heterocycles. The van der Waals surface area contributed by atoms with Crippen molar-refractivity contribution >= 4 is 23.2 Å². The van der Waals surface area contributed by atoms with Crippen LogP contribution in [-0.2, 0) is 9.59 Å². The zero-order chi connectivity index (χ0) is 18.8. The lowest BCUT2D eigenvalue weighted by Gasteiger charge is -2.18. The van der Waals surface area contributed by atoms with Crippen LogP contribution in [0, 0.1) is 0 Å². The zero-order valence-corrected chi connectivity index (χ0v) is 14.3. The smallest absolute Gasteiger partial charge is 0.303 e. The van der Waals surface area contributed by atoms with Gasteiger partial charge in [-0.1, -0.05) is 0 Å². The Morgan fingerprint density at radius 1 is 1.07 bits per heavy atom. The molecule has 3 aromatic rings. The third-order valence-electron chi connectivity index (χ3n) is 4.14. The second kappa shape index (κ2) is 6.99. The number of anilines is 1. The van der Waals surface area contributed by atoms with E-state index in [1.165, 1.54) is 0 Å². The maximum absolute atomic E-state index is 11.8. The van der Waals surface area contributed by atoms with Crippen LogP contribution in [0.15, 0.2) is 42.7 Å². The summed E-state index contributed by atoms with van der Waals surface area (Å²) in [5, 5.41) is 11.3. The highest BCUT2D eigenvalue weighted by molar-refractivity contribution is 5.92. The number of carbonyl (C=O) groups excluding carboxylic acids is 1. The first kappa shape index (κ1) is 16.9. The number of aliphatic carboxylic acids is 1. The maximum Gasteiger partial charge on any atom is 0.303 e. The van der Waals surface area contributed by atoms with E-state index in [0.717, 1.165) is 22.7 Å². The first-order valence-electron chi connectivity index (χ1n) is 8.49. The van der Waals surface area contributed by atoms with Crippen LogP contribution in [0.4, 0.5) is 5.69 Å². The van der Waals surface area contributed by atoms with Gasteiger partial charge in [0.25, 0.3) is 0 Å². The molecule has 0 aliphatic carbocycles. The van der Waals surface area contributed by atoms with Gasteiger partial charge in [-0.15, -0.1) is 0 Å². The predicted octanol–water partition coefficient (Wildman–Crippen LogP) is 2.58. The molecule has 8 nitrogen and oxygen atoms in total. The van der Waals surface area contributed by atoms with E-state index in [4.69, 9.17) is 14.6 Å². The van der Waals surface area contributed by atoms with Crippen molar-refractivity contribution in [3.8, 4) is 22.8 Å². The number of ether oxygens (including phenoxy) is 2. The van der Waals surface area contributed by atoms with E-state index in [1.54, 1.807) is 22.7 Å². The number of pyridine rings is 1. The molecule has 27 heavy (non-hydrogen) atoms. The number of imidazole rings is 1. The molecule has 1 aliphatic rings.